The molecule has 0 spiro atoms. The highest BCUT2D eigenvalue weighted by atomic mass is 16.6. The summed E-state index contributed by atoms with van der Waals surface area (Å²) in [7, 11) is 0. The minimum atomic E-state index is -1.12. The average molecular weight is 256 g/mol. The Kier molecular flexibility index (Phi) is 4.35. The van der Waals surface area contributed by atoms with E-state index in [0.29, 0.717) is 0 Å². The number of rotatable bonds is 6. The Morgan fingerprint density at radius 3 is 2.83 bits per heavy atom. The zero-order chi connectivity index (χ0) is 13.7. The van der Waals surface area contributed by atoms with E-state index >= 15 is 0 Å². The van der Waals surface area contributed by atoms with Crippen molar-refractivity contribution in [2.75, 3.05) is 0 Å². The number of carboxylic acid groups (broad SMARTS) is 1. The SMILES string of the molecule is CC(NC(=O)CCn1cnc([N+](=O)[O-])c1)C(=O)O. The van der Waals surface area contributed by atoms with Crippen LogP contribution >= 0.6 is 0 Å². The number of carbonyl (C=O) groups is 2. The average Bonchev–Trinajstić information content (AvgIpc) is 2.74. The van der Waals surface area contributed by atoms with Gasteiger partial charge in [0.1, 0.15) is 12.2 Å². The van der Waals surface area contributed by atoms with Crippen LogP contribution in [0, 0.1) is 10.1 Å². The minimum Gasteiger partial charge on any atom is -0.480 e. The second-order valence-electron chi connectivity index (χ2n) is 3.60. The van der Waals surface area contributed by atoms with Crippen LogP contribution in [0.5, 0.6) is 0 Å². The van der Waals surface area contributed by atoms with Crippen molar-refractivity contribution in [1.82, 2.24) is 14.9 Å². The third-order valence-electron chi connectivity index (χ3n) is 2.15. The van der Waals surface area contributed by atoms with Crippen LogP contribution in [0.25, 0.3) is 0 Å². The molecule has 1 rings (SSSR count). The smallest absolute Gasteiger partial charge is 0.381 e. The lowest BCUT2D eigenvalue weighted by Crippen LogP contribution is -2.38. The van der Waals surface area contributed by atoms with Crippen molar-refractivity contribution in [2.24, 2.45) is 0 Å². The zero-order valence-corrected chi connectivity index (χ0v) is 9.57. The van der Waals surface area contributed by atoms with Crippen molar-refractivity contribution >= 4 is 17.7 Å². The molecule has 0 bridgehead atoms. The zero-order valence-electron chi connectivity index (χ0n) is 9.57. The molecule has 1 atom stereocenters. The van der Waals surface area contributed by atoms with Gasteiger partial charge in [0.05, 0.1) is 0 Å². The Morgan fingerprint density at radius 1 is 1.67 bits per heavy atom. The van der Waals surface area contributed by atoms with E-state index in [9.17, 15) is 19.7 Å². The van der Waals surface area contributed by atoms with Crippen LogP contribution < -0.4 is 5.32 Å². The van der Waals surface area contributed by atoms with E-state index in [-0.39, 0.29) is 18.8 Å². The first-order chi connectivity index (χ1) is 8.40. The van der Waals surface area contributed by atoms with Gasteiger partial charge in [-0.25, -0.2) is 0 Å². The number of aromatic nitrogens is 2. The van der Waals surface area contributed by atoms with Gasteiger partial charge >= 0.3 is 11.8 Å². The van der Waals surface area contributed by atoms with Crippen molar-refractivity contribution in [2.45, 2.75) is 25.9 Å². The van der Waals surface area contributed by atoms with Gasteiger partial charge in [-0.15, -0.1) is 0 Å². The number of hydrogen-bond acceptors (Lipinski definition) is 5. The van der Waals surface area contributed by atoms with Crippen molar-refractivity contribution < 1.29 is 19.6 Å². The fraction of sp³-hybridized carbons (Fsp3) is 0.444. The molecular weight excluding hydrogens is 244 g/mol. The summed E-state index contributed by atoms with van der Waals surface area (Å²) in [6.45, 7) is 1.54. The molecule has 0 saturated heterocycles. The molecule has 18 heavy (non-hydrogen) atoms. The molecule has 0 aliphatic carbocycles. The van der Waals surface area contributed by atoms with Crippen LogP contribution in [0.3, 0.4) is 0 Å². The number of carbonyl (C=O) groups excluding carboxylic acids is 1. The summed E-state index contributed by atoms with van der Waals surface area (Å²) in [6.07, 6.45) is 2.46. The third-order valence-corrected chi connectivity index (χ3v) is 2.15. The predicted octanol–water partition coefficient (Wildman–Crippen LogP) is -0.229. The lowest BCUT2D eigenvalue weighted by atomic mass is 10.3. The summed E-state index contributed by atoms with van der Waals surface area (Å²) in [4.78, 5) is 35.1. The van der Waals surface area contributed by atoms with Gasteiger partial charge < -0.3 is 25.1 Å². The van der Waals surface area contributed by atoms with Crippen molar-refractivity contribution in [3.63, 3.8) is 0 Å². The second-order valence-corrected chi connectivity index (χ2v) is 3.60. The molecule has 0 radical (unpaired) electrons. The van der Waals surface area contributed by atoms with E-state index < -0.39 is 22.8 Å². The molecule has 0 saturated carbocycles. The Balaban J connectivity index is 2.42. The highest BCUT2D eigenvalue weighted by molar-refractivity contribution is 5.83. The topological polar surface area (TPSA) is 127 Å². The van der Waals surface area contributed by atoms with Gasteiger partial charge in [-0.1, -0.05) is 0 Å². The number of amides is 1. The van der Waals surface area contributed by atoms with E-state index in [4.69, 9.17) is 5.11 Å². The van der Waals surface area contributed by atoms with E-state index in [1.54, 1.807) is 0 Å². The van der Waals surface area contributed by atoms with Crippen molar-refractivity contribution in [3.8, 4) is 0 Å². The summed E-state index contributed by atoms with van der Waals surface area (Å²) in [5.74, 6) is -1.86. The molecule has 1 unspecified atom stereocenters. The van der Waals surface area contributed by atoms with Gasteiger partial charge in [-0.3, -0.25) is 9.59 Å². The first-order valence-corrected chi connectivity index (χ1v) is 5.08. The van der Waals surface area contributed by atoms with Gasteiger partial charge in [0.15, 0.2) is 0 Å². The lowest BCUT2D eigenvalue weighted by molar-refractivity contribution is -0.389. The van der Waals surface area contributed by atoms with E-state index in [1.165, 1.54) is 24.0 Å². The number of aryl methyl sites for hydroxylation is 1. The van der Waals surface area contributed by atoms with Gasteiger partial charge in [-0.2, -0.15) is 0 Å². The fourth-order valence-electron chi connectivity index (χ4n) is 1.17. The molecule has 98 valence electrons. The first-order valence-electron chi connectivity index (χ1n) is 5.08. The second kappa shape index (κ2) is 5.75. The normalized spacial score (nSPS) is 11.8. The van der Waals surface area contributed by atoms with Crippen LogP contribution in [-0.4, -0.2) is 37.5 Å². The van der Waals surface area contributed by atoms with E-state index in [1.807, 2.05) is 0 Å². The lowest BCUT2D eigenvalue weighted by Gasteiger charge is -2.08. The van der Waals surface area contributed by atoms with E-state index in [0.717, 1.165) is 0 Å². The highest BCUT2D eigenvalue weighted by Crippen LogP contribution is 2.05. The summed E-state index contributed by atoms with van der Waals surface area (Å²) < 4.78 is 1.39. The van der Waals surface area contributed by atoms with Gasteiger partial charge in [0.25, 0.3) is 0 Å². The maximum atomic E-state index is 11.3. The summed E-state index contributed by atoms with van der Waals surface area (Å²) in [5, 5.41) is 21.2. The third kappa shape index (κ3) is 3.85. The molecule has 0 fully saturated rings. The largest absolute Gasteiger partial charge is 0.480 e. The van der Waals surface area contributed by atoms with Crippen molar-refractivity contribution in [1.29, 1.82) is 0 Å². The Labute approximate surface area is 102 Å². The quantitative estimate of drug-likeness (QED) is 0.534. The van der Waals surface area contributed by atoms with Crippen LogP contribution in [0.1, 0.15) is 13.3 Å². The standard InChI is InChI=1S/C9H12N4O5/c1-6(9(15)16)11-8(14)2-3-12-4-7(10-5-12)13(17)18/h4-6H,2-3H2,1H3,(H,11,14)(H,15,16). The number of hydrogen-bond donors (Lipinski definition) is 2. The summed E-state index contributed by atoms with van der Waals surface area (Å²) in [6, 6.07) is -0.963. The fourth-order valence-corrected chi connectivity index (χ4v) is 1.17. The molecule has 1 amide bonds. The number of carboxylic acids is 1. The number of nitro groups is 1. The molecule has 0 aromatic carbocycles. The number of imidazole rings is 1. The highest BCUT2D eigenvalue weighted by Gasteiger charge is 2.14. The molecule has 1 aromatic rings. The van der Waals surface area contributed by atoms with Gasteiger partial charge in [0, 0.05) is 13.0 Å². The van der Waals surface area contributed by atoms with Crippen LogP contribution in [-0.2, 0) is 16.1 Å². The number of nitrogens with zero attached hydrogens (tertiary/aromatic N) is 3. The predicted molar refractivity (Wildman–Crippen MR) is 58.7 cm³/mol. The van der Waals surface area contributed by atoms with Crippen LogP contribution in [0.15, 0.2) is 12.5 Å². The molecule has 9 heteroatoms. The maximum absolute atomic E-state index is 11.3. The molecule has 9 nitrogen and oxygen atoms in total. The number of nitrogens with one attached hydrogen (secondary N) is 1. The van der Waals surface area contributed by atoms with Crippen LogP contribution in [0.2, 0.25) is 0 Å². The first kappa shape index (κ1) is 13.6. The molecule has 0 aliphatic heterocycles. The molecular formula is C9H12N4O5. The van der Waals surface area contributed by atoms with Gasteiger partial charge in [0.2, 0.25) is 12.2 Å². The Hall–Kier alpha value is -2.45. The summed E-state index contributed by atoms with van der Waals surface area (Å²) >= 11 is 0. The van der Waals surface area contributed by atoms with Crippen molar-refractivity contribution in [3.05, 3.63) is 22.6 Å². The monoisotopic (exact) mass is 256 g/mol. The number of aliphatic carboxylic acids is 1. The molecule has 0 aliphatic rings. The van der Waals surface area contributed by atoms with Crippen LogP contribution in [0.4, 0.5) is 5.82 Å². The minimum absolute atomic E-state index is 0.0190. The Morgan fingerprint density at radius 2 is 2.33 bits per heavy atom. The molecule has 1 heterocycles. The summed E-state index contributed by atoms with van der Waals surface area (Å²) in [5.41, 5.74) is 0. The van der Waals surface area contributed by atoms with Gasteiger partial charge in [-0.05, 0) is 16.8 Å². The van der Waals surface area contributed by atoms with E-state index in [2.05, 4.69) is 10.3 Å². The molecule has 2 N–H and O–H groups in total. The molecule has 1 aromatic heterocycles. The maximum Gasteiger partial charge on any atom is 0.381 e. The Bertz CT molecular complexity index is 469.